The van der Waals surface area contributed by atoms with E-state index in [2.05, 4.69) is 5.32 Å². The Morgan fingerprint density at radius 3 is 2.45 bits per heavy atom. The summed E-state index contributed by atoms with van der Waals surface area (Å²) in [6.07, 6.45) is 0. The SMILES string of the molecule is Cc1cc(Cl)ccc1C(=O)NCC(C(=O)O)c1ccccc1. The number of benzene rings is 2. The minimum atomic E-state index is -0.973. The van der Waals surface area contributed by atoms with Crippen molar-refractivity contribution in [1.29, 1.82) is 0 Å². The number of aryl methyl sites for hydroxylation is 1. The Balaban J connectivity index is 2.10. The monoisotopic (exact) mass is 317 g/mol. The first kappa shape index (κ1) is 16.0. The van der Waals surface area contributed by atoms with E-state index < -0.39 is 11.9 Å². The Morgan fingerprint density at radius 1 is 1.18 bits per heavy atom. The lowest BCUT2D eigenvalue weighted by molar-refractivity contribution is -0.138. The van der Waals surface area contributed by atoms with Crippen LogP contribution in [-0.2, 0) is 4.79 Å². The molecule has 114 valence electrons. The molecule has 0 aliphatic heterocycles. The maximum atomic E-state index is 12.2. The summed E-state index contributed by atoms with van der Waals surface area (Å²) in [6.45, 7) is 1.81. The van der Waals surface area contributed by atoms with Crippen molar-refractivity contribution in [3.8, 4) is 0 Å². The summed E-state index contributed by atoms with van der Waals surface area (Å²) in [6, 6.07) is 13.8. The predicted molar refractivity (Wildman–Crippen MR) is 85.3 cm³/mol. The van der Waals surface area contributed by atoms with Crippen molar-refractivity contribution in [2.45, 2.75) is 12.8 Å². The molecule has 2 N–H and O–H groups in total. The molecule has 1 amide bonds. The molecule has 0 aromatic heterocycles. The molecular formula is C17H16ClNO3. The van der Waals surface area contributed by atoms with Crippen LogP contribution >= 0.6 is 11.6 Å². The second-order valence-electron chi connectivity index (χ2n) is 4.97. The van der Waals surface area contributed by atoms with Crippen LogP contribution in [0.2, 0.25) is 5.02 Å². The maximum absolute atomic E-state index is 12.2. The number of hydrogen-bond donors (Lipinski definition) is 2. The van der Waals surface area contributed by atoms with Gasteiger partial charge in [-0.1, -0.05) is 41.9 Å². The van der Waals surface area contributed by atoms with Crippen LogP contribution in [0.5, 0.6) is 0 Å². The summed E-state index contributed by atoms with van der Waals surface area (Å²) in [5, 5.41) is 12.6. The van der Waals surface area contributed by atoms with Gasteiger partial charge in [0.1, 0.15) is 0 Å². The Labute approximate surface area is 133 Å². The summed E-state index contributed by atoms with van der Waals surface area (Å²) >= 11 is 5.86. The second kappa shape index (κ2) is 7.09. The molecule has 0 fully saturated rings. The first-order chi connectivity index (χ1) is 10.5. The molecule has 0 spiro atoms. The summed E-state index contributed by atoms with van der Waals surface area (Å²) in [5.74, 6) is -2.06. The molecule has 1 atom stereocenters. The molecule has 0 radical (unpaired) electrons. The zero-order valence-corrected chi connectivity index (χ0v) is 12.8. The van der Waals surface area contributed by atoms with Crippen LogP contribution < -0.4 is 5.32 Å². The van der Waals surface area contributed by atoms with Crippen LogP contribution in [-0.4, -0.2) is 23.5 Å². The van der Waals surface area contributed by atoms with Gasteiger partial charge >= 0.3 is 5.97 Å². The fourth-order valence-electron chi connectivity index (χ4n) is 2.20. The molecule has 0 saturated carbocycles. The van der Waals surface area contributed by atoms with Gasteiger partial charge in [-0.2, -0.15) is 0 Å². The molecule has 0 aliphatic carbocycles. The maximum Gasteiger partial charge on any atom is 0.312 e. The van der Waals surface area contributed by atoms with E-state index in [4.69, 9.17) is 11.6 Å². The minimum Gasteiger partial charge on any atom is -0.481 e. The summed E-state index contributed by atoms with van der Waals surface area (Å²) in [5.41, 5.74) is 1.89. The van der Waals surface area contributed by atoms with Crippen molar-refractivity contribution in [3.05, 3.63) is 70.2 Å². The van der Waals surface area contributed by atoms with Crippen LogP contribution in [0.1, 0.15) is 27.4 Å². The van der Waals surface area contributed by atoms with E-state index in [0.29, 0.717) is 16.1 Å². The predicted octanol–water partition coefficient (Wildman–Crippen LogP) is 3.25. The molecule has 5 heteroatoms. The molecule has 4 nitrogen and oxygen atoms in total. The summed E-state index contributed by atoms with van der Waals surface area (Å²) in [7, 11) is 0. The number of aliphatic carboxylic acids is 1. The number of hydrogen-bond acceptors (Lipinski definition) is 2. The highest BCUT2D eigenvalue weighted by Crippen LogP contribution is 2.17. The number of carbonyl (C=O) groups excluding carboxylic acids is 1. The van der Waals surface area contributed by atoms with Gasteiger partial charge in [-0.15, -0.1) is 0 Å². The van der Waals surface area contributed by atoms with Gasteiger partial charge in [0.05, 0.1) is 5.92 Å². The third-order valence-corrected chi connectivity index (χ3v) is 3.63. The molecule has 0 heterocycles. The van der Waals surface area contributed by atoms with Crippen molar-refractivity contribution >= 4 is 23.5 Å². The number of amides is 1. The molecule has 0 saturated heterocycles. The lowest BCUT2D eigenvalue weighted by Crippen LogP contribution is -2.32. The van der Waals surface area contributed by atoms with Gasteiger partial charge in [0.15, 0.2) is 0 Å². The quantitative estimate of drug-likeness (QED) is 0.889. The molecule has 2 rings (SSSR count). The van der Waals surface area contributed by atoms with E-state index in [-0.39, 0.29) is 12.5 Å². The Bertz CT molecular complexity index is 686. The highest BCUT2D eigenvalue weighted by molar-refractivity contribution is 6.30. The highest BCUT2D eigenvalue weighted by Gasteiger charge is 2.21. The van der Waals surface area contributed by atoms with Crippen LogP contribution in [0, 0.1) is 6.92 Å². The largest absolute Gasteiger partial charge is 0.481 e. The molecular weight excluding hydrogens is 302 g/mol. The fourth-order valence-corrected chi connectivity index (χ4v) is 2.43. The first-order valence-electron chi connectivity index (χ1n) is 6.81. The second-order valence-corrected chi connectivity index (χ2v) is 5.41. The zero-order valence-electron chi connectivity index (χ0n) is 12.0. The summed E-state index contributed by atoms with van der Waals surface area (Å²) in [4.78, 5) is 23.6. The van der Waals surface area contributed by atoms with Crippen molar-refractivity contribution in [1.82, 2.24) is 5.32 Å². The van der Waals surface area contributed by atoms with Crippen LogP contribution in [0.25, 0.3) is 0 Å². The molecule has 2 aromatic carbocycles. The zero-order chi connectivity index (χ0) is 16.1. The van der Waals surface area contributed by atoms with Crippen molar-refractivity contribution in [2.75, 3.05) is 6.54 Å². The number of carboxylic acids is 1. The lowest BCUT2D eigenvalue weighted by atomic mass is 9.99. The van der Waals surface area contributed by atoms with Gasteiger partial charge in [-0.3, -0.25) is 9.59 Å². The average Bonchev–Trinajstić information content (AvgIpc) is 2.48. The summed E-state index contributed by atoms with van der Waals surface area (Å²) < 4.78 is 0. The van der Waals surface area contributed by atoms with E-state index in [1.165, 1.54) is 0 Å². The lowest BCUT2D eigenvalue weighted by Gasteiger charge is -2.14. The van der Waals surface area contributed by atoms with Gasteiger partial charge in [0, 0.05) is 17.1 Å². The van der Waals surface area contributed by atoms with Gasteiger partial charge < -0.3 is 10.4 Å². The molecule has 2 aromatic rings. The van der Waals surface area contributed by atoms with Crippen LogP contribution in [0.4, 0.5) is 0 Å². The smallest absolute Gasteiger partial charge is 0.312 e. The first-order valence-corrected chi connectivity index (χ1v) is 7.19. The van der Waals surface area contributed by atoms with Crippen LogP contribution in [0.3, 0.4) is 0 Å². The van der Waals surface area contributed by atoms with E-state index in [1.54, 1.807) is 49.4 Å². The third-order valence-electron chi connectivity index (χ3n) is 3.40. The average molecular weight is 318 g/mol. The van der Waals surface area contributed by atoms with E-state index in [0.717, 1.165) is 5.56 Å². The normalized spacial score (nSPS) is 11.7. The van der Waals surface area contributed by atoms with Crippen molar-refractivity contribution in [2.24, 2.45) is 0 Å². The van der Waals surface area contributed by atoms with E-state index in [9.17, 15) is 14.7 Å². The number of carbonyl (C=O) groups is 2. The number of rotatable bonds is 5. The third kappa shape index (κ3) is 3.86. The Kier molecular flexibility index (Phi) is 5.17. The number of carboxylic acid groups (broad SMARTS) is 1. The van der Waals surface area contributed by atoms with Crippen molar-refractivity contribution in [3.63, 3.8) is 0 Å². The van der Waals surface area contributed by atoms with Gasteiger partial charge in [0.25, 0.3) is 5.91 Å². The van der Waals surface area contributed by atoms with E-state index >= 15 is 0 Å². The van der Waals surface area contributed by atoms with Crippen LogP contribution in [0.15, 0.2) is 48.5 Å². The fraction of sp³-hybridized carbons (Fsp3) is 0.176. The number of nitrogens with one attached hydrogen (secondary N) is 1. The van der Waals surface area contributed by atoms with Gasteiger partial charge in [-0.25, -0.2) is 0 Å². The Morgan fingerprint density at radius 2 is 1.86 bits per heavy atom. The Hall–Kier alpha value is -2.33. The molecule has 0 bridgehead atoms. The van der Waals surface area contributed by atoms with Crippen molar-refractivity contribution < 1.29 is 14.7 Å². The number of halogens is 1. The molecule has 1 unspecified atom stereocenters. The molecule has 0 aliphatic rings. The van der Waals surface area contributed by atoms with E-state index in [1.807, 2.05) is 6.07 Å². The van der Waals surface area contributed by atoms with Gasteiger partial charge in [0.2, 0.25) is 0 Å². The standard InChI is InChI=1S/C17H16ClNO3/c1-11-9-13(18)7-8-14(11)16(20)19-10-15(17(21)22)12-5-3-2-4-6-12/h2-9,15H,10H2,1H3,(H,19,20)(H,21,22). The topological polar surface area (TPSA) is 66.4 Å². The van der Waals surface area contributed by atoms with Gasteiger partial charge in [-0.05, 0) is 36.2 Å². The minimum absolute atomic E-state index is 0.0280. The highest BCUT2D eigenvalue weighted by atomic mass is 35.5. The molecule has 22 heavy (non-hydrogen) atoms.